The molecular formula is C58H116NO8P. The molecule has 68 heavy (non-hydrogen) atoms. The molecule has 0 saturated carbocycles. The van der Waals surface area contributed by atoms with Crippen LogP contribution in [0.25, 0.3) is 0 Å². The van der Waals surface area contributed by atoms with E-state index in [9.17, 15) is 19.0 Å². The SMILES string of the molecule is CCCCCCCCCCCCCCCCCCCCCCCCCCCCCCCCCCCCCCCC(=O)OC(COC(=O)CCCCCCCCCCCC)COP(=O)(O)OCCN. The van der Waals surface area contributed by atoms with Gasteiger partial charge in [0.15, 0.2) is 6.10 Å². The first-order valence-electron chi connectivity index (χ1n) is 30.0. The number of hydrogen-bond acceptors (Lipinski definition) is 8. The van der Waals surface area contributed by atoms with Crippen LogP contribution in [0.2, 0.25) is 0 Å². The van der Waals surface area contributed by atoms with Crippen LogP contribution in [-0.4, -0.2) is 49.3 Å². The van der Waals surface area contributed by atoms with Crippen LogP contribution in [0.3, 0.4) is 0 Å². The van der Waals surface area contributed by atoms with Gasteiger partial charge in [0.05, 0.1) is 13.2 Å². The molecular weight excluding hydrogens is 870 g/mol. The molecule has 0 aromatic heterocycles. The van der Waals surface area contributed by atoms with E-state index in [1.807, 2.05) is 0 Å². The maximum Gasteiger partial charge on any atom is 0.472 e. The zero-order valence-electron chi connectivity index (χ0n) is 45.4. The third kappa shape index (κ3) is 54.3. The van der Waals surface area contributed by atoms with E-state index in [1.165, 1.54) is 263 Å². The van der Waals surface area contributed by atoms with E-state index in [0.29, 0.717) is 6.42 Å². The fraction of sp³-hybridized carbons (Fsp3) is 0.966. The van der Waals surface area contributed by atoms with Gasteiger partial charge in [-0.3, -0.25) is 18.6 Å². The molecule has 0 radical (unpaired) electrons. The van der Waals surface area contributed by atoms with Crippen molar-refractivity contribution in [2.24, 2.45) is 5.73 Å². The fourth-order valence-electron chi connectivity index (χ4n) is 9.29. The number of esters is 2. The van der Waals surface area contributed by atoms with E-state index in [-0.39, 0.29) is 38.6 Å². The zero-order chi connectivity index (χ0) is 49.5. The largest absolute Gasteiger partial charge is 0.472 e. The lowest BCUT2D eigenvalue weighted by atomic mass is 10.0. The van der Waals surface area contributed by atoms with Gasteiger partial charge in [-0.05, 0) is 12.8 Å². The second kappa shape index (κ2) is 55.3. The van der Waals surface area contributed by atoms with Crippen LogP contribution in [0.5, 0.6) is 0 Å². The van der Waals surface area contributed by atoms with Crippen molar-refractivity contribution in [1.82, 2.24) is 0 Å². The van der Waals surface area contributed by atoms with E-state index in [2.05, 4.69) is 13.8 Å². The van der Waals surface area contributed by atoms with Crippen molar-refractivity contribution < 1.29 is 37.6 Å². The van der Waals surface area contributed by atoms with Crippen molar-refractivity contribution >= 4 is 19.8 Å². The molecule has 406 valence electrons. The van der Waals surface area contributed by atoms with Gasteiger partial charge in [0.2, 0.25) is 0 Å². The quantitative estimate of drug-likeness (QED) is 0.0347. The summed E-state index contributed by atoms with van der Waals surface area (Å²) in [5, 5.41) is 0. The Kier molecular flexibility index (Phi) is 54.5. The summed E-state index contributed by atoms with van der Waals surface area (Å²) in [5.41, 5.74) is 5.37. The van der Waals surface area contributed by atoms with Gasteiger partial charge in [-0.25, -0.2) is 4.57 Å². The molecule has 0 amide bonds. The molecule has 10 heteroatoms. The standard InChI is InChI=1S/C58H116NO8P/c1-3-5-7-9-11-13-15-16-17-18-19-20-21-22-23-24-25-26-27-28-29-30-31-32-33-34-35-36-37-38-39-40-41-43-45-47-49-51-58(61)67-56(55-66-68(62,63)65-53-52-59)54-64-57(60)50-48-46-44-42-14-12-10-8-6-4-2/h56H,3-55,59H2,1-2H3,(H,62,63). The van der Waals surface area contributed by atoms with E-state index < -0.39 is 26.5 Å². The highest BCUT2D eigenvalue weighted by Gasteiger charge is 2.26. The van der Waals surface area contributed by atoms with Crippen LogP contribution in [0.1, 0.15) is 328 Å². The first-order chi connectivity index (χ1) is 33.3. The molecule has 0 aromatic carbocycles. The lowest BCUT2D eigenvalue weighted by Crippen LogP contribution is -2.29. The molecule has 0 fully saturated rings. The predicted molar refractivity (Wildman–Crippen MR) is 289 cm³/mol. The van der Waals surface area contributed by atoms with Crippen molar-refractivity contribution in [2.45, 2.75) is 335 Å². The molecule has 0 aliphatic heterocycles. The van der Waals surface area contributed by atoms with Crippen LogP contribution < -0.4 is 5.73 Å². The van der Waals surface area contributed by atoms with Crippen LogP contribution in [-0.2, 0) is 32.7 Å². The van der Waals surface area contributed by atoms with Crippen molar-refractivity contribution in [1.29, 1.82) is 0 Å². The fourth-order valence-corrected chi connectivity index (χ4v) is 10.1. The molecule has 0 heterocycles. The first-order valence-corrected chi connectivity index (χ1v) is 31.5. The zero-order valence-corrected chi connectivity index (χ0v) is 46.3. The second-order valence-corrected chi connectivity index (χ2v) is 22.0. The Balaban J connectivity index is 3.67. The van der Waals surface area contributed by atoms with Crippen LogP contribution in [0.15, 0.2) is 0 Å². The van der Waals surface area contributed by atoms with Crippen molar-refractivity contribution in [3.05, 3.63) is 0 Å². The monoisotopic (exact) mass is 986 g/mol. The maximum absolute atomic E-state index is 12.7. The van der Waals surface area contributed by atoms with Gasteiger partial charge in [0, 0.05) is 19.4 Å². The number of phosphoric acid groups is 1. The molecule has 0 rings (SSSR count). The Bertz CT molecular complexity index is 1080. The van der Waals surface area contributed by atoms with Gasteiger partial charge in [-0.1, -0.05) is 303 Å². The Hall–Kier alpha value is -0.990. The third-order valence-electron chi connectivity index (χ3n) is 13.7. The van der Waals surface area contributed by atoms with Gasteiger partial charge in [-0.2, -0.15) is 0 Å². The van der Waals surface area contributed by atoms with Crippen molar-refractivity contribution in [2.75, 3.05) is 26.4 Å². The molecule has 0 spiro atoms. The highest BCUT2D eigenvalue weighted by atomic mass is 31.2. The molecule has 0 aromatic rings. The lowest BCUT2D eigenvalue weighted by molar-refractivity contribution is -0.161. The number of carbonyl (C=O) groups is 2. The van der Waals surface area contributed by atoms with E-state index in [0.717, 1.165) is 32.1 Å². The third-order valence-corrected chi connectivity index (χ3v) is 14.7. The number of unbranched alkanes of at least 4 members (excludes halogenated alkanes) is 45. The first kappa shape index (κ1) is 67.0. The van der Waals surface area contributed by atoms with Gasteiger partial charge in [-0.15, -0.1) is 0 Å². The summed E-state index contributed by atoms with van der Waals surface area (Å²) in [6, 6.07) is 0. The van der Waals surface area contributed by atoms with Gasteiger partial charge >= 0.3 is 19.8 Å². The maximum atomic E-state index is 12.7. The number of carbonyl (C=O) groups excluding carboxylic acids is 2. The van der Waals surface area contributed by atoms with Crippen LogP contribution in [0.4, 0.5) is 0 Å². The smallest absolute Gasteiger partial charge is 0.462 e. The van der Waals surface area contributed by atoms with Crippen molar-refractivity contribution in [3.63, 3.8) is 0 Å². The Morgan fingerprint density at radius 2 is 0.632 bits per heavy atom. The topological polar surface area (TPSA) is 134 Å². The van der Waals surface area contributed by atoms with Crippen LogP contribution in [0, 0.1) is 0 Å². The summed E-state index contributed by atoms with van der Waals surface area (Å²) >= 11 is 0. The summed E-state index contributed by atoms with van der Waals surface area (Å²) < 4.78 is 32.9. The van der Waals surface area contributed by atoms with Gasteiger partial charge < -0.3 is 20.1 Å². The molecule has 0 bridgehead atoms. The number of phosphoric ester groups is 1. The highest BCUT2D eigenvalue weighted by Crippen LogP contribution is 2.43. The molecule has 0 aliphatic rings. The number of nitrogens with two attached hydrogens (primary N) is 1. The Labute approximate surface area is 422 Å². The van der Waals surface area contributed by atoms with E-state index in [1.54, 1.807) is 0 Å². The minimum absolute atomic E-state index is 0.0582. The Morgan fingerprint density at radius 1 is 0.382 bits per heavy atom. The lowest BCUT2D eigenvalue weighted by Gasteiger charge is -2.19. The van der Waals surface area contributed by atoms with E-state index in [4.69, 9.17) is 24.3 Å². The minimum Gasteiger partial charge on any atom is -0.462 e. The summed E-state index contributed by atoms with van der Waals surface area (Å²) in [6.45, 7) is 3.78. The summed E-state index contributed by atoms with van der Waals surface area (Å²) in [5.74, 6) is -0.810. The number of rotatable bonds is 58. The van der Waals surface area contributed by atoms with Crippen molar-refractivity contribution in [3.8, 4) is 0 Å². The molecule has 2 atom stereocenters. The molecule has 0 saturated heterocycles. The van der Waals surface area contributed by atoms with Gasteiger partial charge in [0.25, 0.3) is 0 Å². The normalized spacial score (nSPS) is 12.9. The average molecular weight is 987 g/mol. The number of ether oxygens (including phenoxy) is 2. The second-order valence-electron chi connectivity index (χ2n) is 20.6. The highest BCUT2D eigenvalue weighted by molar-refractivity contribution is 7.47. The summed E-state index contributed by atoms with van der Waals surface area (Å²) in [7, 11) is -4.37. The number of hydrogen-bond donors (Lipinski definition) is 2. The summed E-state index contributed by atoms with van der Waals surface area (Å²) in [6.07, 6.45) is 62.1. The Morgan fingerprint density at radius 3 is 0.897 bits per heavy atom. The summed E-state index contributed by atoms with van der Waals surface area (Å²) in [4.78, 5) is 35.0. The van der Waals surface area contributed by atoms with E-state index >= 15 is 0 Å². The minimum atomic E-state index is -4.37. The molecule has 3 N–H and O–H groups in total. The molecule has 0 aliphatic carbocycles. The molecule has 2 unspecified atom stereocenters. The molecule has 9 nitrogen and oxygen atoms in total. The average Bonchev–Trinajstić information content (AvgIpc) is 3.33. The van der Waals surface area contributed by atoms with Gasteiger partial charge in [0.1, 0.15) is 6.61 Å². The van der Waals surface area contributed by atoms with Crippen LogP contribution >= 0.6 is 7.82 Å². The predicted octanol–water partition coefficient (Wildman–Crippen LogP) is 18.7.